The minimum Gasteiger partial charge on any atom is -0.455 e. The van der Waals surface area contributed by atoms with Crippen LogP contribution in [0.2, 0.25) is 0 Å². The third-order valence-electron chi connectivity index (χ3n) is 11.3. The SMILES string of the molecule is CC(C)(C)c1cccc(-[n+]2[c-]n(-c3[c-]c(Cc4[c-]c5c(cc4)c4ccccc4n5-c4nccc5oc6c(-c7ccccc7)cccc6c45)ccc3)c3ccccc32)c1.[Pt]. The maximum Gasteiger partial charge on any atom is 0.268 e. The molecule has 4 heterocycles. The maximum atomic E-state index is 6.65. The number of para-hydroxylation sites is 4. The van der Waals surface area contributed by atoms with Crippen LogP contribution in [0.3, 0.4) is 0 Å². The molecule has 0 fully saturated rings. The van der Waals surface area contributed by atoms with Gasteiger partial charge in [-0.25, -0.2) is 4.98 Å². The molecule has 0 atom stereocenters. The molecule has 0 aliphatic rings. The normalized spacial score (nSPS) is 11.9. The van der Waals surface area contributed by atoms with Crippen molar-refractivity contribution in [1.82, 2.24) is 14.1 Å². The molecule has 59 heavy (non-hydrogen) atoms. The van der Waals surface area contributed by atoms with Gasteiger partial charge >= 0.3 is 0 Å². The van der Waals surface area contributed by atoms with E-state index in [0.717, 1.165) is 94.2 Å². The summed E-state index contributed by atoms with van der Waals surface area (Å²) in [5.74, 6) is 0.825. The summed E-state index contributed by atoms with van der Waals surface area (Å²) in [5.41, 5.74) is 13.5. The fourth-order valence-electron chi connectivity index (χ4n) is 8.48. The molecule has 11 rings (SSSR count). The van der Waals surface area contributed by atoms with Crippen molar-refractivity contribution in [3.05, 3.63) is 199 Å². The van der Waals surface area contributed by atoms with E-state index in [9.17, 15) is 0 Å². The Labute approximate surface area is 357 Å². The zero-order chi connectivity index (χ0) is 39.0. The Kier molecular flexibility index (Phi) is 8.96. The van der Waals surface area contributed by atoms with E-state index in [1.165, 1.54) is 5.56 Å². The monoisotopic (exact) mass is 941 g/mol. The second-order valence-corrected chi connectivity index (χ2v) is 16.1. The number of furan rings is 1. The number of hydrogen-bond acceptors (Lipinski definition) is 2. The van der Waals surface area contributed by atoms with Crippen LogP contribution < -0.4 is 4.57 Å². The van der Waals surface area contributed by atoms with Crippen LogP contribution in [0.1, 0.15) is 37.5 Å². The Morgan fingerprint density at radius 2 is 1.41 bits per heavy atom. The summed E-state index contributed by atoms with van der Waals surface area (Å²) in [6.45, 7) is 6.75. The molecule has 0 saturated heterocycles. The van der Waals surface area contributed by atoms with Crippen LogP contribution in [0.5, 0.6) is 0 Å². The number of rotatable bonds is 6. The molecule has 0 amide bonds. The molecule has 7 aromatic carbocycles. The first kappa shape index (κ1) is 36.8. The van der Waals surface area contributed by atoms with Crippen LogP contribution >= 0.6 is 0 Å². The van der Waals surface area contributed by atoms with Crippen LogP contribution in [0.15, 0.2) is 168 Å². The van der Waals surface area contributed by atoms with Gasteiger partial charge in [-0.15, -0.1) is 5.39 Å². The summed E-state index contributed by atoms with van der Waals surface area (Å²) >= 11 is 0. The molecule has 5 nitrogen and oxygen atoms in total. The molecule has 0 aliphatic carbocycles. The van der Waals surface area contributed by atoms with Gasteiger partial charge in [0.2, 0.25) is 0 Å². The molecule has 0 unspecified atom stereocenters. The number of benzene rings is 7. The maximum absolute atomic E-state index is 6.65. The van der Waals surface area contributed by atoms with Crippen molar-refractivity contribution in [2.24, 2.45) is 0 Å². The average Bonchev–Trinajstić information content (AvgIpc) is 3.94. The topological polar surface area (TPSA) is 39.8 Å². The summed E-state index contributed by atoms with van der Waals surface area (Å²) in [5, 5.41) is 4.30. The standard InChI is InChI=1S/C53H38N4O.Pt/c1-53(2,3)38-17-12-19-40(33-38)56-34-55(46-24-9-10-25-47(46)56)39-18-11-14-35(31-39)30-36-26-27-43-42-20-7-8-23-45(42)57(48(43)32-36)52-50-44-22-13-21-41(37-15-5-4-6-16-37)51(44)58-49(50)28-29-54-52;/h4-29,33H,30H2,1-3H3;/q-2;. The minimum atomic E-state index is 0. The van der Waals surface area contributed by atoms with Gasteiger partial charge in [0.25, 0.3) is 6.33 Å². The summed E-state index contributed by atoms with van der Waals surface area (Å²) in [4.78, 5) is 5.07. The van der Waals surface area contributed by atoms with Gasteiger partial charge in [0, 0.05) is 43.7 Å². The number of aromatic nitrogens is 4. The first-order valence-corrected chi connectivity index (χ1v) is 19.8. The Morgan fingerprint density at radius 1 is 0.661 bits per heavy atom. The van der Waals surface area contributed by atoms with Gasteiger partial charge in [-0.2, -0.15) is 53.6 Å². The molecule has 0 radical (unpaired) electrons. The second kappa shape index (κ2) is 14.4. The number of fused-ring (bicyclic) bond motifs is 7. The Morgan fingerprint density at radius 3 is 2.27 bits per heavy atom. The van der Waals surface area contributed by atoms with Crippen LogP contribution in [0.4, 0.5) is 0 Å². The zero-order valence-electron chi connectivity index (χ0n) is 32.8. The molecule has 288 valence electrons. The predicted octanol–water partition coefficient (Wildman–Crippen LogP) is 12.3. The molecule has 0 aliphatic heterocycles. The molecule has 0 spiro atoms. The largest absolute Gasteiger partial charge is 0.455 e. The Balaban J connectivity index is 0.00000420. The van der Waals surface area contributed by atoms with Gasteiger partial charge in [0.05, 0.1) is 22.1 Å². The van der Waals surface area contributed by atoms with Gasteiger partial charge < -0.3 is 13.6 Å². The molecular formula is C53H38N4OPt-2. The number of hydrogen-bond donors (Lipinski definition) is 0. The first-order valence-electron chi connectivity index (χ1n) is 19.8. The molecule has 6 heteroatoms. The molecule has 11 aromatic rings. The quantitative estimate of drug-likeness (QED) is 0.123. The third kappa shape index (κ3) is 6.20. The molecule has 0 bridgehead atoms. The van der Waals surface area contributed by atoms with Crippen LogP contribution in [0, 0.1) is 18.5 Å². The van der Waals surface area contributed by atoms with Gasteiger partial charge in [0.15, 0.2) is 0 Å². The van der Waals surface area contributed by atoms with E-state index in [1.54, 1.807) is 0 Å². The van der Waals surface area contributed by atoms with Gasteiger partial charge in [0.1, 0.15) is 17.0 Å². The Bertz CT molecular complexity index is 3370. The van der Waals surface area contributed by atoms with E-state index in [0.29, 0.717) is 6.42 Å². The Hall–Kier alpha value is -6.55. The van der Waals surface area contributed by atoms with Crippen LogP contribution in [-0.4, -0.2) is 14.1 Å². The number of nitrogens with zero attached hydrogens (tertiary/aromatic N) is 4. The van der Waals surface area contributed by atoms with Crippen molar-refractivity contribution >= 4 is 54.8 Å². The summed E-state index contributed by atoms with van der Waals surface area (Å²) in [6.07, 6.45) is 6.18. The summed E-state index contributed by atoms with van der Waals surface area (Å²) in [6, 6.07) is 62.9. The number of imidazole rings is 1. The second-order valence-electron chi connectivity index (χ2n) is 16.1. The summed E-state index contributed by atoms with van der Waals surface area (Å²) in [7, 11) is 0. The fraction of sp³-hybridized carbons (Fsp3) is 0.0943. The fourth-order valence-corrected chi connectivity index (χ4v) is 8.48. The molecular weight excluding hydrogens is 904 g/mol. The first-order chi connectivity index (χ1) is 28.4. The van der Waals surface area contributed by atoms with Crippen molar-refractivity contribution in [1.29, 1.82) is 0 Å². The molecule has 0 N–H and O–H groups in total. The van der Waals surface area contributed by atoms with Crippen molar-refractivity contribution < 1.29 is 30.0 Å². The van der Waals surface area contributed by atoms with E-state index in [1.807, 2.05) is 18.3 Å². The smallest absolute Gasteiger partial charge is 0.268 e. The molecule has 4 aromatic heterocycles. The van der Waals surface area contributed by atoms with E-state index in [-0.39, 0.29) is 26.5 Å². The minimum absolute atomic E-state index is 0. The third-order valence-corrected chi connectivity index (χ3v) is 11.3. The van der Waals surface area contributed by atoms with E-state index in [2.05, 4.69) is 199 Å². The van der Waals surface area contributed by atoms with E-state index < -0.39 is 0 Å². The van der Waals surface area contributed by atoms with Crippen molar-refractivity contribution in [3.8, 4) is 28.3 Å². The van der Waals surface area contributed by atoms with Gasteiger partial charge in [-0.1, -0.05) is 129 Å². The van der Waals surface area contributed by atoms with Crippen molar-refractivity contribution in [2.75, 3.05) is 0 Å². The predicted molar refractivity (Wildman–Crippen MR) is 234 cm³/mol. The number of pyridine rings is 1. The van der Waals surface area contributed by atoms with Crippen molar-refractivity contribution in [2.45, 2.75) is 32.6 Å². The van der Waals surface area contributed by atoms with Crippen LogP contribution in [-0.2, 0) is 32.9 Å². The van der Waals surface area contributed by atoms with Gasteiger partial charge in [-0.3, -0.25) is 4.57 Å². The summed E-state index contributed by atoms with van der Waals surface area (Å²) < 4.78 is 13.2. The average molecular weight is 942 g/mol. The van der Waals surface area contributed by atoms with E-state index >= 15 is 0 Å². The molecule has 0 saturated carbocycles. The van der Waals surface area contributed by atoms with Crippen LogP contribution in [0.25, 0.3) is 83.1 Å². The van der Waals surface area contributed by atoms with Crippen molar-refractivity contribution in [3.63, 3.8) is 0 Å². The van der Waals surface area contributed by atoms with E-state index in [4.69, 9.17) is 9.40 Å². The zero-order valence-corrected chi connectivity index (χ0v) is 35.1. The van der Waals surface area contributed by atoms with Gasteiger partial charge in [-0.05, 0) is 58.3 Å².